The Morgan fingerprint density at radius 2 is 1.81 bits per heavy atom. The number of halogens is 2. The van der Waals surface area contributed by atoms with E-state index in [9.17, 15) is 13.6 Å². The van der Waals surface area contributed by atoms with Crippen LogP contribution in [-0.2, 0) is 4.79 Å². The Morgan fingerprint density at radius 1 is 1.12 bits per heavy atom. The number of nitrogens with one attached hydrogen (secondary N) is 1. The van der Waals surface area contributed by atoms with Crippen LogP contribution in [0.4, 0.5) is 14.5 Å². The van der Waals surface area contributed by atoms with Gasteiger partial charge in [-0.3, -0.25) is 4.79 Å². The highest BCUT2D eigenvalue weighted by atomic mass is 32.2. The minimum Gasteiger partial charge on any atom is -0.493 e. The molecule has 1 aliphatic rings. The van der Waals surface area contributed by atoms with E-state index in [4.69, 9.17) is 9.47 Å². The van der Waals surface area contributed by atoms with Crippen molar-refractivity contribution >= 4 is 35.1 Å². The van der Waals surface area contributed by atoms with Gasteiger partial charge in [-0.05, 0) is 29.8 Å². The number of rotatable bonds is 6. The maximum absolute atomic E-state index is 13.2. The summed E-state index contributed by atoms with van der Waals surface area (Å²) in [5.74, 6) is 1.17. The molecule has 4 nitrogen and oxygen atoms in total. The zero-order valence-electron chi connectivity index (χ0n) is 14.0. The average molecular weight is 397 g/mol. The summed E-state index contributed by atoms with van der Waals surface area (Å²) in [5.41, 5.74) is 1.18. The third-order valence-electron chi connectivity index (χ3n) is 3.59. The lowest BCUT2D eigenvalue weighted by atomic mass is 10.2. The molecule has 1 heterocycles. The molecule has 1 fully saturated rings. The summed E-state index contributed by atoms with van der Waals surface area (Å²) in [6.45, 7) is -0.305. The Morgan fingerprint density at radius 3 is 2.46 bits per heavy atom. The topological polar surface area (TPSA) is 47.6 Å². The molecule has 2 aromatic carbocycles. The predicted molar refractivity (Wildman–Crippen MR) is 101 cm³/mol. The van der Waals surface area contributed by atoms with Gasteiger partial charge in [0.25, 0.3) is 5.91 Å². The number of benzene rings is 2. The van der Waals surface area contributed by atoms with Crippen LogP contribution < -0.4 is 14.8 Å². The van der Waals surface area contributed by atoms with Crippen molar-refractivity contribution in [2.24, 2.45) is 0 Å². The second-order valence-corrected chi connectivity index (χ2v) is 8.20. The largest absolute Gasteiger partial charge is 0.493 e. The highest BCUT2D eigenvalue weighted by molar-refractivity contribution is 8.19. The second kappa shape index (κ2) is 8.64. The molecule has 2 aromatic rings. The molecule has 0 saturated carbocycles. The molecular formula is C18H17F2NO3S2. The molecule has 0 spiro atoms. The van der Waals surface area contributed by atoms with E-state index in [0.29, 0.717) is 16.1 Å². The van der Waals surface area contributed by atoms with Crippen LogP contribution in [0.2, 0.25) is 0 Å². The highest BCUT2D eigenvalue weighted by Gasteiger charge is 2.20. The Balaban J connectivity index is 1.62. The van der Waals surface area contributed by atoms with Crippen LogP contribution in [0.3, 0.4) is 0 Å². The number of anilines is 1. The zero-order valence-corrected chi connectivity index (χ0v) is 15.6. The van der Waals surface area contributed by atoms with Crippen LogP contribution >= 0.6 is 23.5 Å². The van der Waals surface area contributed by atoms with Crippen LogP contribution in [0.15, 0.2) is 36.4 Å². The summed E-state index contributed by atoms with van der Waals surface area (Å²) in [7, 11) is 1.54. The lowest BCUT2D eigenvalue weighted by molar-refractivity contribution is -0.118. The first-order valence-electron chi connectivity index (χ1n) is 7.85. The molecule has 138 valence electrons. The minimum atomic E-state index is -0.763. The van der Waals surface area contributed by atoms with Gasteiger partial charge in [-0.15, -0.1) is 23.5 Å². The molecule has 1 amide bonds. The van der Waals surface area contributed by atoms with Gasteiger partial charge in [0, 0.05) is 23.3 Å². The first-order valence-corrected chi connectivity index (χ1v) is 9.95. The fraction of sp³-hybridized carbons (Fsp3) is 0.278. The van der Waals surface area contributed by atoms with Gasteiger partial charge in [0.05, 0.1) is 11.7 Å². The van der Waals surface area contributed by atoms with E-state index < -0.39 is 17.5 Å². The van der Waals surface area contributed by atoms with Crippen LogP contribution in [0.5, 0.6) is 11.5 Å². The maximum Gasteiger partial charge on any atom is 0.262 e. The zero-order chi connectivity index (χ0) is 18.5. The van der Waals surface area contributed by atoms with E-state index in [-0.39, 0.29) is 12.3 Å². The van der Waals surface area contributed by atoms with Crippen molar-refractivity contribution in [3.05, 3.63) is 53.6 Å². The van der Waals surface area contributed by atoms with Gasteiger partial charge in [-0.25, -0.2) is 8.78 Å². The predicted octanol–water partition coefficient (Wildman–Crippen LogP) is 4.47. The number of amides is 1. The Hall–Kier alpha value is -1.93. The molecule has 0 radical (unpaired) electrons. The number of hydrogen-bond acceptors (Lipinski definition) is 5. The van der Waals surface area contributed by atoms with Crippen molar-refractivity contribution in [2.45, 2.75) is 4.58 Å². The number of thioether (sulfide) groups is 2. The van der Waals surface area contributed by atoms with Gasteiger partial charge in [0.1, 0.15) is 11.6 Å². The fourth-order valence-electron chi connectivity index (χ4n) is 2.47. The van der Waals surface area contributed by atoms with Gasteiger partial charge in [-0.1, -0.05) is 6.07 Å². The molecule has 1 saturated heterocycles. The van der Waals surface area contributed by atoms with E-state index in [1.54, 1.807) is 6.07 Å². The van der Waals surface area contributed by atoms with Crippen LogP contribution in [-0.4, -0.2) is 31.1 Å². The molecule has 3 rings (SSSR count). The molecule has 0 unspecified atom stereocenters. The van der Waals surface area contributed by atoms with Crippen molar-refractivity contribution in [1.29, 1.82) is 0 Å². The van der Waals surface area contributed by atoms with Crippen molar-refractivity contribution in [2.75, 3.05) is 30.5 Å². The number of carbonyl (C=O) groups is 1. The third-order valence-corrected chi connectivity index (χ3v) is 6.69. The summed E-state index contributed by atoms with van der Waals surface area (Å²) in [6, 6.07) is 8.43. The first-order chi connectivity index (χ1) is 12.5. The van der Waals surface area contributed by atoms with E-state index in [1.165, 1.54) is 7.11 Å². The van der Waals surface area contributed by atoms with Crippen LogP contribution in [0.1, 0.15) is 10.1 Å². The number of methoxy groups -OCH3 is 1. The Kier molecular flexibility index (Phi) is 6.26. The van der Waals surface area contributed by atoms with Gasteiger partial charge < -0.3 is 14.8 Å². The monoisotopic (exact) mass is 397 g/mol. The molecule has 1 aliphatic heterocycles. The van der Waals surface area contributed by atoms with Gasteiger partial charge in [-0.2, -0.15) is 0 Å². The van der Waals surface area contributed by atoms with Crippen LogP contribution in [0, 0.1) is 11.6 Å². The van der Waals surface area contributed by atoms with Gasteiger partial charge >= 0.3 is 0 Å². The third kappa shape index (κ3) is 4.82. The van der Waals surface area contributed by atoms with Gasteiger partial charge in [0.2, 0.25) is 0 Å². The summed E-state index contributed by atoms with van der Waals surface area (Å²) >= 11 is 3.77. The quantitative estimate of drug-likeness (QED) is 0.779. The van der Waals surface area contributed by atoms with E-state index in [0.717, 1.165) is 35.3 Å². The van der Waals surface area contributed by atoms with Crippen molar-refractivity contribution < 1.29 is 23.0 Å². The molecular weight excluding hydrogens is 380 g/mol. The smallest absolute Gasteiger partial charge is 0.262 e. The van der Waals surface area contributed by atoms with Crippen molar-refractivity contribution in [3.63, 3.8) is 0 Å². The molecule has 26 heavy (non-hydrogen) atoms. The second-order valence-electron chi connectivity index (χ2n) is 5.48. The number of carbonyl (C=O) groups excluding carboxylic acids is 1. The minimum absolute atomic E-state index is 0.0358. The van der Waals surface area contributed by atoms with Crippen LogP contribution in [0.25, 0.3) is 0 Å². The van der Waals surface area contributed by atoms with E-state index in [1.807, 2.05) is 35.7 Å². The lowest BCUT2D eigenvalue weighted by Crippen LogP contribution is -2.20. The molecule has 8 heteroatoms. The van der Waals surface area contributed by atoms with Gasteiger partial charge in [0.15, 0.2) is 18.1 Å². The Labute approximate surface area is 158 Å². The lowest BCUT2D eigenvalue weighted by Gasteiger charge is -2.14. The normalized spacial score (nSPS) is 14.3. The highest BCUT2D eigenvalue weighted by Crippen LogP contribution is 2.46. The molecule has 0 atom stereocenters. The molecule has 1 N–H and O–H groups in total. The van der Waals surface area contributed by atoms with Crippen molar-refractivity contribution in [1.82, 2.24) is 0 Å². The SMILES string of the molecule is COc1cc(C2SCCS2)ccc1OCC(=O)Nc1cc(F)cc(F)c1. The number of hydrogen-bond donors (Lipinski definition) is 1. The Bertz CT molecular complexity index is 778. The molecule has 0 bridgehead atoms. The van der Waals surface area contributed by atoms with E-state index in [2.05, 4.69) is 5.32 Å². The molecule has 0 aromatic heterocycles. The summed E-state index contributed by atoms with van der Waals surface area (Å²) < 4.78 is 37.5. The maximum atomic E-state index is 13.2. The standard InChI is InChI=1S/C18H17F2NO3S2/c1-23-16-6-11(18-25-4-5-26-18)2-3-15(16)24-10-17(22)21-14-8-12(19)7-13(20)9-14/h2-3,6-9,18H,4-5,10H2,1H3,(H,21,22). The fourth-order valence-corrected chi connectivity index (χ4v) is 5.31. The first kappa shape index (κ1) is 18.8. The summed E-state index contributed by atoms with van der Waals surface area (Å²) in [5, 5.41) is 2.40. The number of ether oxygens (including phenoxy) is 2. The molecule has 0 aliphatic carbocycles. The summed E-state index contributed by atoms with van der Waals surface area (Å²) in [6.07, 6.45) is 0. The summed E-state index contributed by atoms with van der Waals surface area (Å²) in [4.78, 5) is 12.0. The van der Waals surface area contributed by atoms with Crippen molar-refractivity contribution in [3.8, 4) is 11.5 Å². The average Bonchev–Trinajstić information content (AvgIpc) is 3.13. The van der Waals surface area contributed by atoms with E-state index >= 15 is 0 Å².